The molecule has 4 rings (SSSR count). The molecular weight excluding hydrogens is 374 g/mol. The van der Waals surface area contributed by atoms with Gasteiger partial charge in [0.2, 0.25) is 0 Å². The monoisotopic (exact) mass is 405 g/mol. The van der Waals surface area contributed by atoms with E-state index in [1.54, 1.807) is 12.0 Å². The number of amides is 1. The lowest BCUT2D eigenvalue weighted by Gasteiger charge is -2.49. The van der Waals surface area contributed by atoms with E-state index in [9.17, 15) is 4.79 Å². The first-order valence-electron chi connectivity index (χ1n) is 10.6. The highest BCUT2D eigenvalue weighted by Crippen LogP contribution is 2.54. The molecule has 1 aliphatic heterocycles. The number of allylic oxidation sites excluding steroid dienone is 4. The minimum Gasteiger partial charge on any atom is -0.487 e. The molecule has 2 aliphatic carbocycles. The SMILES string of the molecule is C/C=C(\O[C@H]1[C@H](OC)C=C2C=C3C(=C(C)C(=O)N3C)C[C@]2(C)[C@H]1C)c1ccccc1. The van der Waals surface area contributed by atoms with Crippen LogP contribution in [0.25, 0.3) is 5.76 Å². The summed E-state index contributed by atoms with van der Waals surface area (Å²) in [5, 5.41) is 0. The van der Waals surface area contributed by atoms with Crippen LogP contribution in [0.2, 0.25) is 0 Å². The Morgan fingerprint density at radius 2 is 1.97 bits per heavy atom. The van der Waals surface area contributed by atoms with Crippen LogP contribution in [0.5, 0.6) is 0 Å². The fraction of sp³-hybridized carbons (Fsp3) is 0.423. The lowest BCUT2D eigenvalue weighted by molar-refractivity contribution is -0.123. The van der Waals surface area contributed by atoms with Gasteiger partial charge in [-0.15, -0.1) is 0 Å². The molecule has 1 amide bonds. The summed E-state index contributed by atoms with van der Waals surface area (Å²) in [4.78, 5) is 14.3. The molecule has 4 atom stereocenters. The molecular formula is C26H31NO3. The first-order valence-corrected chi connectivity index (χ1v) is 10.6. The zero-order valence-electron chi connectivity index (χ0n) is 18.7. The molecule has 158 valence electrons. The summed E-state index contributed by atoms with van der Waals surface area (Å²) in [5.74, 6) is 1.16. The van der Waals surface area contributed by atoms with Crippen LogP contribution in [0.4, 0.5) is 0 Å². The van der Waals surface area contributed by atoms with Gasteiger partial charge in [-0.25, -0.2) is 0 Å². The number of hydrogen-bond donors (Lipinski definition) is 0. The molecule has 0 N–H and O–H groups in total. The van der Waals surface area contributed by atoms with Gasteiger partial charge in [0.1, 0.15) is 18.0 Å². The van der Waals surface area contributed by atoms with Gasteiger partial charge in [-0.2, -0.15) is 0 Å². The molecule has 0 spiro atoms. The molecule has 4 heteroatoms. The fourth-order valence-electron chi connectivity index (χ4n) is 5.08. The number of carbonyl (C=O) groups is 1. The van der Waals surface area contributed by atoms with E-state index < -0.39 is 0 Å². The second-order valence-corrected chi connectivity index (χ2v) is 8.80. The second kappa shape index (κ2) is 7.59. The van der Waals surface area contributed by atoms with Crippen molar-refractivity contribution in [1.82, 2.24) is 4.90 Å². The van der Waals surface area contributed by atoms with Crippen molar-refractivity contribution in [2.75, 3.05) is 14.2 Å². The molecule has 3 aliphatic rings. The Kier molecular flexibility index (Phi) is 5.23. The summed E-state index contributed by atoms with van der Waals surface area (Å²) in [6.45, 7) is 8.49. The van der Waals surface area contributed by atoms with Crippen molar-refractivity contribution in [2.24, 2.45) is 11.3 Å². The average Bonchev–Trinajstić information content (AvgIpc) is 2.96. The summed E-state index contributed by atoms with van der Waals surface area (Å²) >= 11 is 0. The van der Waals surface area contributed by atoms with Crippen molar-refractivity contribution < 1.29 is 14.3 Å². The quantitative estimate of drug-likeness (QED) is 0.654. The molecule has 0 aromatic heterocycles. The Morgan fingerprint density at radius 1 is 1.27 bits per heavy atom. The number of methoxy groups -OCH3 is 1. The highest BCUT2D eigenvalue weighted by Gasteiger charge is 2.50. The lowest BCUT2D eigenvalue weighted by Crippen LogP contribution is -2.48. The van der Waals surface area contributed by atoms with Crippen LogP contribution >= 0.6 is 0 Å². The minimum atomic E-state index is -0.160. The third kappa shape index (κ3) is 3.05. The van der Waals surface area contributed by atoms with Crippen molar-refractivity contribution >= 4 is 11.7 Å². The van der Waals surface area contributed by atoms with Gasteiger partial charge in [-0.05, 0) is 49.6 Å². The van der Waals surface area contributed by atoms with Crippen LogP contribution in [0, 0.1) is 11.3 Å². The number of carbonyl (C=O) groups excluding carboxylic acids is 1. The van der Waals surface area contributed by atoms with Crippen molar-refractivity contribution in [3.05, 3.63) is 76.5 Å². The van der Waals surface area contributed by atoms with Crippen LogP contribution in [-0.4, -0.2) is 37.2 Å². The van der Waals surface area contributed by atoms with Gasteiger partial charge in [-0.3, -0.25) is 4.79 Å². The van der Waals surface area contributed by atoms with E-state index in [0.29, 0.717) is 0 Å². The second-order valence-electron chi connectivity index (χ2n) is 8.80. The Balaban J connectivity index is 1.73. The smallest absolute Gasteiger partial charge is 0.254 e. The Bertz CT molecular complexity index is 985. The van der Waals surface area contributed by atoms with Crippen molar-refractivity contribution in [2.45, 2.75) is 46.3 Å². The summed E-state index contributed by atoms with van der Waals surface area (Å²) in [6, 6.07) is 10.2. The van der Waals surface area contributed by atoms with E-state index in [1.807, 2.05) is 45.2 Å². The zero-order chi connectivity index (χ0) is 21.6. The van der Waals surface area contributed by atoms with Crippen LogP contribution < -0.4 is 0 Å². The number of fused-ring (bicyclic) bond motifs is 2. The molecule has 4 nitrogen and oxygen atoms in total. The maximum absolute atomic E-state index is 12.5. The predicted molar refractivity (Wildman–Crippen MR) is 119 cm³/mol. The van der Waals surface area contributed by atoms with E-state index in [1.165, 1.54) is 5.57 Å². The fourth-order valence-corrected chi connectivity index (χ4v) is 5.08. The van der Waals surface area contributed by atoms with Gasteiger partial charge in [0.25, 0.3) is 5.91 Å². The number of nitrogens with zero attached hydrogens (tertiary/aromatic N) is 1. The molecule has 1 aromatic rings. The Hall–Kier alpha value is -2.59. The number of rotatable bonds is 4. The molecule has 0 saturated heterocycles. The van der Waals surface area contributed by atoms with Gasteiger partial charge < -0.3 is 14.4 Å². The normalized spacial score (nSPS) is 31.3. The molecule has 0 bridgehead atoms. The van der Waals surface area contributed by atoms with Gasteiger partial charge in [-0.1, -0.05) is 44.2 Å². The Morgan fingerprint density at radius 3 is 2.60 bits per heavy atom. The van der Waals surface area contributed by atoms with Crippen LogP contribution in [0.3, 0.4) is 0 Å². The first kappa shape index (κ1) is 20.7. The largest absolute Gasteiger partial charge is 0.487 e. The van der Waals surface area contributed by atoms with Crippen molar-refractivity contribution in [3.8, 4) is 0 Å². The molecule has 0 saturated carbocycles. The first-order chi connectivity index (χ1) is 14.3. The predicted octanol–water partition coefficient (Wildman–Crippen LogP) is 5.11. The van der Waals surface area contributed by atoms with E-state index >= 15 is 0 Å². The van der Waals surface area contributed by atoms with Crippen LogP contribution in [0.1, 0.15) is 39.7 Å². The minimum absolute atomic E-state index is 0.100. The third-order valence-corrected chi connectivity index (χ3v) is 7.27. The zero-order valence-corrected chi connectivity index (χ0v) is 18.7. The van der Waals surface area contributed by atoms with Crippen molar-refractivity contribution in [1.29, 1.82) is 0 Å². The van der Waals surface area contributed by atoms with E-state index in [-0.39, 0.29) is 29.4 Å². The molecule has 0 fully saturated rings. The Labute approximate surface area is 179 Å². The standard InChI is InChI=1S/C26H31NO3/c1-7-22(18-11-9-8-10-12-18)30-24-17(3)26(4)15-20-16(2)25(28)27(5)21(20)13-19(26)14-23(24)29-6/h7-14,17,23-24H,15H2,1-6H3/b22-7-/t17-,23+,24+,26+/m0/s1. The maximum Gasteiger partial charge on any atom is 0.254 e. The number of benzene rings is 1. The molecule has 30 heavy (non-hydrogen) atoms. The van der Waals surface area contributed by atoms with Crippen molar-refractivity contribution in [3.63, 3.8) is 0 Å². The average molecular weight is 406 g/mol. The topological polar surface area (TPSA) is 38.8 Å². The lowest BCUT2D eigenvalue weighted by atomic mass is 9.59. The maximum atomic E-state index is 12.5. The van der Waals surface area contributed by atoms with E-state index in [2.05, 4.69) is 38.1 Å². The van der Waals surface area contributed by atoms with Gasteiger partial charge >= 0.3 is 0 Å². The van der Waals surface area contributed by atoms with Gasteiger partial charge in [0.05, 0.1) is 0 Å². The van der Waals surface area contributed by atoms with Crippen LogP contribution in [-0.2, 0) is 14.3 Å². The van der Waals surface area contributed by atoms with Crippen LogP contribution in [0.15, 0.2) is 71.0 Å². The summed E-state index contributed by atoms with van der Waals surface area (Å²) in [5.41, 5.74) is 5.23. The number of ether oxygens (including phenoxy) is 2. The van der Waals surface area contributed by atoms with Gasteiger partial charge in [0, 0.05) is 42.3 Å². The highest BCUT2D eigenvalue weighted by molar-refractivity contribution is 6.00. The summed E-state index contributed by atoms with van der Waals surface area (Å²) in [7, 11) is 3.60. The molecule has 1 heterocycles. The summed E-state index contributed by atoms with van der Waals surface area (Å²) in [6.07, 6.45) is 6.94. The molecule has 1 aromatic carbocycles. The number of likely N-dealkylation sites (N-methyl/N-ethyl adjacent to an activating group) is 1. The number of hydrogen-bond acceptors (Lipinski definition) is 3. The van der Waals surface area contributed by atoms with E-state index in [4.69, 9.17) is 9.47 Å². The van der Waals surface area contributed by atoms with E-state index in [0.717, 1.165) is 34.6 Å². The highest BCUT2D eigenvalue weighted by atomic mass is 16.5. The molecule has 0 unspecified atom stereocenters. The third-order valence-electron chi connectivity index (χ3n) is 7.27. The molecule has 0 radical (unpaired) electrons. The van der Waals surface area contributed by atoms with Gasteiger partial charge in [0.15, 0.2) is 0 Å². The summed E-state index contributed by atoms with van der Waals surface area (Å²) < 4.78 is 12.5.